The molecule has 0 spiro atoms. The normalized spacial score (nSPS) is 14.7. The van der Waals surface area contributed by atoms with Crippen LogP contribution in [-0.4, -0.2) is 72.9 Å². The van der Waals surface area contributed by atoms with Gasteiger partial charge in [0.1, 0.15) is 0 Å². The number of para-hydroxylation sites is 1. The molecule has 2 aromatic carbocycles. The number of carbonyl (C=O) groups excluding carboxylic acids is 1. The average Bonchev–Trinajstić information content (AvgIpc) is 3.57. The van der Waals surface area contributed by atoms with Gasteiger partial charge in [-0.1, -0.05) is 42.8 Å². The van der Waals surface area contributed by atoms with E-state index in [1.807, 2.05) is 47.4 Å². The van der Waals surface area contributed by atoms with Crippen molar-refractivity contribution in [2.75, 3.05) is 39.0 Å². The van der Waals surface area contributed by atoms with Gasteiger partial charge in [0.15, 0.2) is 15.5 Å². The summed E-state index contributed by atoms with van der Waals surface area (Å²) in [6.07, 6.45) is 2.30. The summed E-state index contributed by atoms with van der Waals surface area (Å²) in [4.78, 5) is 19.8. The van der Waals surface area contributed by atoms with Crippen molar-refractivity contribution >= 4 is 38.7 Å². The SMILES string of the molecule is CCCN1CCN(C(=O)c2cc(-c3ccc(-c4cccc(S(C)(=O)=O)c4)s3)n(-c3ccccc3Cl)n2)CC1. The second-order valence-electron chi connectivity index (χ2n) is 9.38. The maximum atomic E-state index is 13.5. The molecule has 5 rings (SSSR count). The average molecular weight is 569 g/mol. The first-order valence-corrected chi connectivity index (χ1v) is 15.6. The van der Waals surface area contributed by atoms with Crippen LogP contribution >= 0.6 is 22.9 Å². The Hall–Kier alpha value is -2.98. The van der Waals surface area contributed by atoms with Crippen molar-refractivity contribution in [2.24, 2.45) is 0 Å². The number of hydrogen-bond acceptors (Lipinski definition) is 6. The van der Waals surface area contributed by atoms with E-state index in [2.05, 4.69) is 11.8 Å². The lowest BCUT2D eigenvalue weighted by atomic mass is 10.2. The van der Waals surface area contributed by atoms with E-state index in [9.17, 15) is 13.2 Å². The Bertz CT molecular complexity index is 1570. The van der Waals surface area contributed by atoms with E-state index >= 15 is 0 Å². The van der Waals surface area contributed by atoms with Crippen LogP contribution in [0.15, 0.2) is 71.6 Å². The molecule has 0 N–H and O–H groups in total. The van der Waals surface area contributed by atoms with Gasteiger partial charge in [0, 0.05) is 37.3 Å². The molecular weight excluding hydrogens is 540 g/mol. The van der Waals surface area contributed by atoms with Crippen molar-refractivity contribution in [3.05, 3.63) is 77.4 Å². The topological polar surface area (TPSA) is 75.5 Å². The number of amides is 1. The monoisotopic (exact) mass is 568 g/mol. The molecule has 0 aliphatic carbocycles. The minimum absolute atomic E-state index is 0.0918. The molecule has 0 saturated carbocycles. The molecule has 1 fully saturated rings. The number of piperazine rings is 1. The van der Waals surface area contributed by atoms with E-state index < -0.39 is 9.84 Å². The lowest BCUT2D eigenvalue weighted by Crippen LogP contribution is -2.48. The number of halogens is 1. The lowest BCUT2D eigenvalue weighted by Gasteiger charge is -2.34. The molecule has 10 heteroatoms. The Morgan fingerprint density at radius 1 is 0.974 bits per heavy atom. The van der Waals surface area contributed by atoms with Gasteiger partial charge in [-0.05, 0) is 61.0 Å². The molecule has 3 heterocycles. The summed E-state index contributed by atoms with van der Waals surface area (Å²) in [6, 6.07) is 20.1. The first-order valence-electron chi connectivity index (χ1n) is 12.5. The van der Waals surface area contributed by atoms with Gasteiger partial charge in [-0.15, -0.1) is 11.3 Å². The molecule has 1 aliphatic rings. The summed E-state index contributed by atoms with van der Waals surface area (Å²) in [6.45, 7) is 6.27. The second-order valence-corrected chi connectivity index (χ2v) is 12.9. The van der Waals surface area contributed by atoms with Crippen LogP contribution in [0.1, 0.15) is 23.8 Å². The van der Waals surface area contributed by atoms with E-state index in [0.29, 0.717) is 29.5 Å². The number of aromatic nitrogens is 2. The summed E-state index contributed by atoms with van der Waals surface area (Å²) < 4.78 is 25.9. The summed E-state index contributed by atoms with van der Waals surface area (Å²) in [5.41, 5.74) is 2.62. The third-order valence-corrected chi connectivity index (χ3v) is 9.20. The van der Waals surface area contributed by atoms with E-state index in [1.54, 1.807) is 28.9 Å². The first kappa shape index (κ1) is 26.6. The molecule has 0 radical (unpaired) electrons. The molecule has 0 unspecified atom stereocenters. The molecule has 198 valence electrons. The predicted octanol–water partition coefficient (Wildman–Crippen LogP) is 5.49. The van der Waals surface area contributed by atoms with E-state index in [1.165, 1.54) is 17.6 Å². The number of rotatable bonds is 7. The van der Waals surface area contributed by atoms with Crippen molar-refractivity contribution in [1.82, 2.24) is 19.6 Å². The van der Waals surface area contributed by atoms with Crippen LogP contribution < -0.4 is 0 Å². The molecule has 0 bridgehead atoms. The molecule has 2 aromatic heterocycles. The quantitative estimate of drug-likeness (QED) is 0.294. The molecule has 7 nitrogen and oxygen atoms in total. The van der Waals surface area contributed by atoms with Crippen molar-refractivity contribution in [2.45, 2.75) is 18.2 Å². The number of carbonyl (C=O) groups is 1. The highest BCUT2D eigenvalue weighted by molar-refractivity contribution is 7.90. The molecule has 1 saturated heterocycles. The van der Waals surface area contributed by atoms with Crippen LogP contribution in [-0.2, 0) is 9.84 Å². The fourth-order valence-electron chi connectivity index (χ4n) is 4.63. The Labute approximate surface area is 232 Å². The van der Waals surface area contributed by atoms with Crippen LogP contribution in [0.3, 0.4) is 0 Å². The van der Waals surface area contributed by atoms with E-state index in [4.69, 9.17) is 16.7 Å². The zero-order valence-corrected chi connectivity index (χ0v) is 23.7. The highest BCUT2D eigenvalue weighted by Gasteiger charge is 2.26. The van der Waals surface area contributed by atoms with Gasteiger partial charge >= 0.3 is 0 Å². The standard InChI is InChI=1S/C28H29ClN4O3S2/c1-3-13-31-14-16-32(17-15-31)28(34)23-19-25(33(30-23)24-10-5-4-9-22(24)29)27-12-11-26(37-27)20-7-6-8-21(18-20)38(2,35)36/h4-12,18-19H,3,13-17H2,1-2H3. The Morgan fingerprint density at radius 3 is 2.42 bits per heavy atom. The van der Waals surface area contributed by atoms with Crippen LogP contribution in [0.2, 0.25) is 5.02 Å². The van der Waals surface area contributed by atoms with Crippen molar-refractivity contribution in [3.8, 4) is 26.7 Å². The largest absolute Gasteiger partial charge is 0.335 e. The van der Waals surface area contributed by atoms with Crippen molar-refractivity contribution in [3.63, 3.8) is 0 Å². The zero-order chi connectivity index (χ0) is 26.9. The van der Waals surface area contributed by atoms with Crippen molar-refractivity contribution in [1.29, 1.82) is 0 Å². The minimum Gasteiger partial charge on any atom is -0.335 e. The predicted molar refractivity (Wildman–Crippen MR) is 153 cm³/mol. The van der Waals surface area contributed by atoms with Gasteiger partial charge in [-0.2, -0.15) is 5.10 Å². The number of benzene rings is 2. The number of hydrogen-bond donors (Lipinski definition) is 0. The van der Waals surface area contributed by atoms with Gasteiger partial charge < -0.3 is 4.90 Å². The maximum Gasteiger partial charge on any atom is 0.274 e. The lowest BCUT2D eigenvalue weighted by molar-refractivity contribution is 0.0631. The highest BCUT2D eigenvalue weighted by Crippen LogP contribution is 2.37. The fraction of sp³-hybridized carbons (Fsp3) is 0.286. The van der Waals surface area contributed by atoms with Gasteiger partial charge in [0.2, 0.25) is 0 Å². The maximum absolute atomic E-state index is 13.5. The highest BCUT2D eigenvalue weighted by atomic mass is 35.5. The second kappa shape index (κ2) is 11.0. The first-order chi connectivity index (χ1) is 18.2. The Kier molecular flexibility index (Phi) is 7.72. The molecule has 38 heavy (non-hydrogen) atoms. The van der Waals surface area contributed by atoms with Crippen LogP contribution in [0, 0.1) is 0 Å². The zero-order valence-electron chi connectivity index (χ0n) is 21.3. The number of thiophene rings is 1. The summed E-state index contributed by atoms with van der Waals surface area (Å²) in [5.74, 6) is -0.0918. The third kappa shape index (κ3) is 5.56. The van der Waals surface area contributed by atoms with E-state index in [0.717, 1.165) is 47.1 Å². The summed E-state index contributed by atoms with van der Waals surface area (Å²) in [7, 11) is -3.32. The molecule has 4 aromatic rings. The molecule has 1 aliphatic heterocycles. The summed E-state index contributed by atoms with van der Waals surface area (Å²) >= 11 is 8.06. The molecule has 0 atom stereocenters. The van der Waals surface area contributed by atoms with Gasteiger partial charge in [-0.25, -0.2) is 13.1 Å². The van der Waals surface area contributed by atoms with Crippen LogP contribution in [0.25, 0.3) is 26.7 Å². The van der Waals surface area contributed by atoms with Crippen molar-refractivity contribution < 1.29 is 13.2 Å². The summed E-state index contributed by atoms with van der Waals surface area (Å²) in [5, 5.41) is 5.26. The third-order valence-electron chi connectivity index (χ3n) is 6.61. The molecule has 1 amide bonds. The fourth-order valence-corrected chi connectivity index (χ4v) is 6.52. The van der Waals surface area contributed by atoms with Gasteiger partial charge in [-0.3, -0.25) is 9.69 Å². The smallest absolute Gasteiger partial charge is 0.274 e. The van der Waals surface area contributed by atoms with E-state index in [-0.39, 0.29) is 10.8 Å². The Balaban J connectivity index is 1.51. The minimum atomic E-state index is -3.32. The van der Waals surface area contributed by atoms with Gasteiger partial charge in [0.05, 0.1) is 26.2 Å². The van der Waals surface area contributed by atoms with Crippen LogP contribution in [0.4, 0.5) is 0 Å². The Morgan fingerprint density at radius 2 is 1.71 bits per heavy atom. The van der Waals surface area contributed by atoms with Crippen LogP contribution in [0.5, 0.6) is 0 Å². The number of sulfone groups is 1. The number of nitrogens with zero attached hydrogens (tertiary/aromatic N) is 4. The molecular formula is C28H29ClN4O3S2. The van der Waals surface area contributed by atoms with Gasteiger partial charge in [0.25, 0.3) is 5.91 Å².